The lowest BCUT2D eigenvalue weighted by atomic mass is 10.1. The molecule has 0 aromatic carbocycles. The average molecular weight is 275 g/mol. The predicted octanol–water partition coefficient (Wildman–Crippen LogP) is 1.79. The van der Waals surface area contributed by atoms with Crippen molar-refractivity contribution < 1.29 is 0 Å². The molecular weight excluding hydrogens is 258 g/mol. The van der Waals surface area contributed by atoms with Crippen molar-refractivity contribution in [1.82, 2.24) is 25.1 Å². The van der Waals surface area contributed by atoms with Gasteiger partial charge in [-0.1, -0.05) is 11.8 Å². The van der Waals surface area contributed by atoms with E-state index >= 15 is 0 Å². The Hall–Kier alpha value is -1.40. The van der Waals surface area contributed by atoms with Crippen LogP contribution in [-0.4, -0.2) is 37.9 Å². The van der Waals surface area contributed by atoms with E-state index in [1.54, 1.807) is 11.8 Å². The van der Waals surface area contributed by atoms with Crippen LogP contribution in [0, 0.1) is 6.92 Å². The number of aromatic nitrogens is 4. The Morgan fingerprint density at radius 1 is 1.47 bits per heavy atom. The number of rotatable bonds is 3. The molecule has 19 heavy (non-hydrogen) atoms. The molecule has 0 bridgehead atoms. The van der Waals surface area contributed by atoms with Gasteiger partial charge >= 0.3 is 0 Å². The molecule has 0 amide bonds. The van der Waals surface area contributed by atoms with Gasteiger partial charge in [0, 0.05) is 43.5 Å². The summed E-state index contributed by atoms with van der Waals surface area (Å²) in [6.07, 6.45) is 4.97. The van der Waals surface area contributed by atoms with Crippen LogP contribution in [0.25, 0.3) is 0 Å². The number of nitrogens with one attached hydrogen (secondary N) is 1. The quantitative estimate of drug-likeness (QED) is 0.683. The zero-order valence-electron chi connectivity index (χ0n) is 11.2. The third-order valence-corrected chi connectivity index (χ3v) is 3.88. The molecule has 2 aromatic heterocycles. The zero-order chi connectivity index (χ0) is 13.2. The average Bonchev–Trinajstić information content (AvgIpc) is 2.83. The zero-order valence-corrected chi connectivity index (χ0v) is 12.0. The van der Waals surface area contributed by atoms with E-state index in [9.17, 15) is 0 Å². The lowest BCUT2D eigenvalue weighted by Gasteiger charge is -2.27. The first-order valence-electron chi connectivity index (χ1n) is 6.36. The van der Waals surface area contributed by atoms with Crippen LogP contribution in [0.2, 0.25) is 0 Å². The molecule has 6 heteroatoms. The van der Waals surface area contributed by atoms with Crippen molar-refractivity contribution >= 4 is 11.8 Å². The van der Waals surface area contributed by atoms with Crippen LogP contribution in [-0.2, 0) is 19.5 Å². The van der Waals surface area contributed by atoms with E-state index in [1.807, 2.05) is 19.4 Å². The maximum atomic E-state index is 4.58. The van der Waals surface area contributed by atoms with Crippen molar-refractivity contribution in [3.8, 4) is 0 Å². The van der Waals surface area contributed by atoms with Gasteiger partial charge in [-0.15, -0.1) is 0 Å². The molecule has 0 aliphatic carbocycles. The Morgan fingerprint density at radius 2 is 2.37 bits per heavy atom. The highest BCUT2D eigenvalue weighted by atomic mass is 32.2. The second-order valence-electron chi connectivity index (χ2n) is 4.83. The minimum atomic E-state index is 0.870. The van der Waals surface area contributed by atoms with Crippen LogP contribution >= 0.6 is 11.8 Å². The van der Waals surface area contributed by atoms with E-state index in [2.05, 4.69) is 31.1 Å². The van der Waals surface area contributed by atoms with Crippen LogP contribution < -0.4 is 0 Å². The Bertz CT molecular complexity index is 580. The van der Waals surface area contributed by atoms with Crippen molar-refractivity contribution in [3.05, 3.63) is 34.9 Å². The SMILES string of the molecule is CSc1ncc2c(n1)CCN(Cc1cc(C)[nH]n1)C2. The second kappa shape index (κ2) is 5.30. The van der Waals surface area contributed by atoms with E-state index in [4.69, 9.17) is 0 Å². The van der Waals surface area contributed by atoms with Gasteiger partial charge in [0.15, 0.2) is 5.16 Å². The molecule has 5 nitrogen and oxygen atoms in total. The van der Waals surface area contributed by atoms with E-state index < -0.39 is 0 Å². The van der Waals surface area contributed by atoms with E-state index in [-0.39, 0.29) is 0 Å². The van der Waals surface area contributed by atoms with Crippen LogP contribution in [0.3, 0.4) is 0 Å². The summed E-state index contributed by atoms with van der Waals surface area (Å²) in [4.78, 5) is 11.3. The monoisotopic (exact) mass is 275 g/mol. The first kappa shape index (κ1) is 12.6. The predicted molar refractivity (Wildman–Crippen MR) is 75.0 cm³/mol. The molecular formula is C13H17N5S. The number of H-pyrrole nitrogens is 1. The Balaban J connectivity index is 1.71. The highest BCUT2D eigenvalue weighted by molar-refractivity contribution is 7.98. The van der Waals surface area contributed by atoms with Crippen LogP contribution in [0.15, 0.2) is 17.4 Å². The molecule has 0 saturated heterocycles. The molecule has 3 heterocycles. The van der Waals surface area contributed by atoms with Crippen molar-refractivity contribution in [3.63, 3.8) is 0 Å². The standard InChI is InChI=1S/C13H17N5S/c1-9-5-11(17-16-9)8-18-4-3-12-10(7-18)6-14-13(15-12)19-2/h5-6H,3-4,7-8H2,1-2H3,(H,16,17). The van der Waals surface area contributed by atoms with Crippen molar-refractivity contribution in [2.45, 2.75) is 31.6 Å². The fourth-order valence-corrected chi connectivity index (χ4v) is 2.73. The first-order chi connectivity index (χ1) is 9.24. The third-order valence-electron chi connectivity index (χ3n) is 3.32. The number of hydrogen-bond acceptors (Lipinski definition) is 5. The molecule has 1 aliphatic rings. The van der Waals surface area contributed by atoms with E-state index in [1.165, 1.54) is 11.3 Å². The van der Waals surface area contributed by atoms with Gasteiger partial charge in [-0.05, 0) is 19.2 Å². The maximum Gasteiger partial charge on any atom is 0.187 e. The minimum Gasteiger partial charge on any atom is -0.293 e. The Kier molecular flexibility index (Phi) is 3.52. The van der Waals surface area contributed by atoms with Gasteiger partial charge in [0.1, 0.15) is 0 Å². The molecule has 0 atom stereocenters. The molecule has 1 aliphatic heterocycles. The van der Waals surface area contributed by atoms with Gasteiger partial charge in [0.25, 0.3) is 0 Å². The minimum absolute atomic E-state index is 0.870. The molecule has 100 valence electrons. The summed E-state index contributed by atoms with van der Waals surface area (Å²) in [6, 6.07) is 2.10. The molecule has 0 unspecified atom stereocenters. The van der Waals surface area contributed by atoms with Gasteiger partial charge in [-0.2, -0.15) is 5.10 Å². The summed E-state index contributed by atoms with van der Waals surface area (Å²) in [7, 11) is 0. The molecule has 2 aromatic rings. The second-order valence-corrected chi connectivity index (χ2v) is 5.60. The van der Waals surface area contributed by atoms with Gasteiger partial charge < -0.3 is 0 Å². The smallest absolute Gasteiger partial charge is 0.187 e. The Labute approximate surface area is 116 Å². The maximum absolute atomic E-state index is 4.58. The summed E-state index contributed by atoms with van der Waals surface area (Å²) in [6.45, 7) is 4.85. The Morgan fingerprint density at radius 3 is 3.11 bits per heavy atom. The van der Waals surface area contributed by atoms with E-state index in [0.717, 1.165) is 42.6 Å². The molecule has 0 radical (unpaired) electrons. The normalized spacial score (nSPS) is 15.5. The number of fused-ring (bicyclic) bond motifs is 1. The van der Waals surface area contributed by atoms with Crippen LogP contribution in [0.1, 0.15) is 22.6 Å². The number of nitrogens with zero attached hydrogens (tertiary/aromatic N) is 4. The summed E-state index contributed by atoms with van der Waals surface area (Å²) >= 11 is 1.60. The number of hydrogen-bond donors (Lipinski definition) is 1. The van der Waals surface area contributed by atoms with Crippen molar-refractivity contribution in [1.29, 1.82) is 0 Å². The highest BCUT2D eigenvalue weighted by Gasteiger charge is 2.19. The van der Waals surface area contributed by atoms with Crippen LogP contribution in [0.4, 0.5) is 0 Å². The molecule has 0 spiro atoms. The fourth-order valence-electron chi connectivity index (χ4n) is 2.37. The largest absolute Gasteiger partial charge is 0.293 e. The molecule has 0 fully saturated rings. The van der Waals surface area contributed by atoms with Gasteiger partial charge in [0.2, 0.25) is 0 Å². The van der Waals surface area contributed by atoms with Gasteiger partial charge in [-0.3, -0.25) is 10.00 Å². The lowest BCUT2D eigenvalue weighted by molar-refractivity contribution is 0.239. The first-order valence-corrected chi connectivity index (χ1v) is 7.59. The topological polar surface area (TPSA) is 57.7 Å². The summed E-state index contributed by atoms with van der Waals surface area (Å²) in [5, 5.41) is 8.15. The van der Waals surface area contributed by atoms with Crippen molar-refractivity contribution in [2.24, 2.45) is 0 Å². The van der Waals surface area contributed by atoms with Gasteiger partial charge in [0.05, 0.1) is 11.4 Å². The van der Waals surface area contributed by atoms with Crippen LogP contribution in [0.5, 0.6) is 0 Å². The number of aromatic amines is 1. The number of thioether (sulfide) groups is 1. The molecule has 0 saturated carbocycles. The van der Waals surface area contributed by atoms with Gasteiger partial charge in [-0.25, -0.2) is 9.97 Å². The van der Waals surface area contributed by atoms with Crippen molar-refractivity contribution in [2.75, 3.05) is 12.8 Å². The van der Waals surface area contributed by atoms with E-state index in [0.29, 0.717) is 0 Å². The summed E-state index contributed by atoms with van der Waals surface area (Å²) in [5.41, 5.74) is 4.66. The fraction of sp³-hybridized carbons (Fsp3) is 0.462. The summed E-state index contributed by atoms with van der Waals surface area (Å²) in [5.74, 6) is 0. The molecule has 1 N–H and O–H groups in total. The molecule has 3 rings (SSSR count). The summed E-state index contributed by atoms with van der Waals surface area (Å²) < 4.78 is 0. The number of aryl methyl sites for hydroxylation is 1. The highest BCUT2D eigenvalue weighted by Crippen LogP contribution is 2.20. The lowest BCUT2D eigenvalue weighted by Crippen LogP contribution is -2.31. The third kappa shape index (κ3) is 2.79.